The van der Waals surface area contributed by atoms with Crippen LogP contribution in [0.15, 0.2) is 48.0 Å². The quantitative estimate of drug-likeness (QED) is 0.539. The predicted octanol–water partition coefficient (Wildman–Crippen LogP) is 4.21. The van der Waals surface area contributed by atoms with Gasteiger partial charge in [-0.3, -0.25) is 4.79 Å². The Labute approximate surface area is 186 Å². The van der Waals surface area contributed by atoms with Gasteiger partial charge in [-0.05, 0) is 51.7 Å². The molecule has 2 aromatic rings. The second kappa shape index (κ2) is 12.0. The van der Waals surface area contributed by atoms with Gasteiger partial charge in [0.05, 0.1) is 21.3 Å². The van der Waals surface area contributed by atoms with E-state index in [1.54, 1.807) is 33.5 Å². The van der Waals surface area contributed by atoms with Gasteiger partial charge in [0, 0.05) is 18.7 Å². The molecule has 0 atom stereocenters. The second-order valence-corrected chi connectivity index (χ2v) is 7.70. The molecule has 0 unspecified atom stereocenters. The largest absolute Gasteiger partial charge is 0.493 e. The third kappa shape index (κ3) is 7.03. The van der Waals surface area contributed by atoms with Crippen molar-refractivity contribution in [2.75, 3.05) is 55.1 Å². The van der Waals surface area contributed by atoms with E-state index in [1.807, 2.05) is 37.2 Å². The Morgan fingerprint density at radius 3 is 2.06 bits per heavy atom. The monoisotopic (exact) mass is 426 g/mol. The molecule has 31 heavy (non-hydrogen) atoms. The maximum absolute atomic E-state index is 13.5. The first-order chi connectivity index (χ1) is 14.9. The van der Waals surface area contributed by atoms with Crippen LogP contribution in [0.25, 0.3) is 6.08 Å². The maximum Gasteiger partial charge on any atom is 0.254 e. The summed E-state index contributed by atoms with van der Waals surface area (Å²) in [6.45, 7) is 4.14. The number of rotatable bonds is 11. The SMILES string of the molecule is COc1cc(C(=O)N(CCCN(C)C)C/C(C)=C/c2ccccc2)cc(OC)c1OC. The van der Waals surface area contributed by atoms with Crippen LogP contribution in [-0.2, 0) is 0 Å². The highest BCUT2D eigenvalue weighted by Gasteiger charge is 2.21. The Balaban J connectivity index is 2.32. The van der Waals surface area contributed by atoms with Crippen molar-refractivity contribution in [3.63, 3.8) is 0 Å². The number of ether oxygens (including phenoxy) is 3. The van der Waals surface area contributed by atoms with E-state index >= 15 is 0 Å². The van der Waals surface area contributed by atoms with Gasteiger partial charge in [-0.1, -0.05) is 42.0 Å². The molecule has 0 spiro atoms. The Morgan fingerprint density at radius 2 is 1.55 bits per heavy atom. The van der Waals surface area contributed by atoms with Crippen molar-refractivity contribution in [3.8, 4) is 17.2 Å². The lowest BCUT2D eigenvalue weighted by Gasteiger charge is -2.25. The van der Waals surface area contributed by atoms with Crippen molar-refractivity contribution in [3.05, 3.63) is 59.2 Å². The number of carbonyl (C=O) groups is 1. The highest BCUT2D eigenvalue weighted by atomic mass is 16.5. The minimum atomic E-state index is -0.0705. The lowest BCUT2D eigenvalue weighted by atomic mass is 10.1. The molecule has 2 aromatic carbocycles. The van der Waals surface area contributed by atoms with Crippen LogP contribution in [0, 0.1) is 0 Å². The zero-order valence-electron chi connectivity index (χ0n) is 19.5. The molecule has 0 N–H and O–H groups in total. The van der Waals surface area contributed by atoms with Gasteiger partial charge in [-0.2, -0.15) is 0 Å². The van der Waals surface area contributed by atoms with Gasteiger partial charge in [-0.25, -0.2) is 0 Å². The molecule has 0 aliphatic heterocycles. The number of amides is 1. The Bertz CT molecular complexity index is 853. The summed E-state index contributed by atoms with van der Waals surface area (Å²) in [5.74, 6) is 1.34. The van der Waals surface area contributed by atoms with E-state index in [9.17, 15) is 4.79 Å². The Morgan fingerprint density at radius 1 is 0.935 bits per heavy atom. The van der Waals surface area contributed by atoms with Gasteiger partial charge < -0.3 is 24.0 Å². The van der Waals surface area contributed by atoms with Gasteiger partial charge in [0.2, 0.25) is 5.75 Å². The molecule has 0 radical (unpaired) electrons. The molecule has 0 aliphatic carbocycles. The summed E-state index contributed by atoms with van der Waals surface area (Å²) in [6, 6.07) is 13.5. The van der Waals surface area contributed by atoms with Crippen LogP contribution >= 0.6 is 0 Å². The van der Waals surface area contributed by atoms with Crippen molar-refractivity contribution in [1.82, 2.24) is 9.80 Å². The molecule has 0 saturated carbocycles. The summed E-state index contributed by atoms with van der Waals surface area (Å²) in [5.41, 5.74) is 2.73. The van der Waals surface area contributed by atoms with E-state index in [4.69, 9.17) is 14.2 Å². The molecule has 0 fully saturated rings. The molecule has 2 rings (SSSR count). The van der Waals surface area contributed by atoms with Crippen LogP contribution in [0.2, 0.25) is 0 Å². The fourth-order valence-electron chi connectivity index (χ4n) is 3.40. The van der Waals surface area contributed by atoms with Gasteiger partial charge in [0.15, 0.2) is 11.5 Å². The van der Waals surface area contributed by atoms with E-state index in [-0.39, 0.29) is 5.91 Å². The smallest absolute Gasteiger partial charge is 0.254 e. The predicted molar refractivity (Wildman–Crippen MR) is 125 cm³/mol. The summed E-state index contributed by atoms with van der Waals surface area (Å²) in [6.07, 6.45) is 2.99. The normalized spacial score (nSPS) is 11.4. The lowest BCUT2D eigenvalue weighted by molar-refractivity contribution is 0.0764. The van der Waals surface area contributed by atoms with E-state index in [0.29, 0.717) is 35.9 Å². The summed E-state index contributed by atoms with van der Waals surface area (Å²) in [7, 11) is 8.71. The van der Waals surface area contributed by atoms with Crippen molar-refractivity contribution < 1.29 is 19.0 Å². The van der Waals surface area contributed by atoms with Crippen molar-refractivity contribution in [1.29, 1.82) is 0 Å². The number of hydrogen-bond donors (Lipinski definition) is 0. The first-order valence-corrected chi connectivity index (χ1v) is 10.4. The van der Waals surface area contributed by atoms with Crippen LogP contribution in [0.3, 0.4) is 0 Å². The molecular weight excluding hydrogens is 392 g/mol. The molecule has 168 valence electrons. The van der Waals surface area contributed by atoms with Crippen LogP contribution < -0.4 is 14.2 Å². The lowest BCUT2D eigenvalue weighted by Crippen LogP contribution is -2.34. The molecule has 1 amide bonds. The number of nitrogens with zero attached hydrogens (tertiary/aromatic N) is 2. The zero-order chi connectivity index (χ0) is 22.8. The third-order valence-electron chi connectivity index (χ3n) is 4.89. The minimum absolute atomic E-state index is 0.0705. The first kappa shape index (κ1) is 24.3. The number of hydrogen-bond acceptors (Lipinski definition) is 5. The standard InChI is InChI=1S/C25H34N2O4/c1-19(15-20-11-8-7-9-12-20)18-27(14-10-13-26(2)3)25(28)21-16-22(29-4)24(31-6)23(17-21)30-5/h7-9,11-12,15-17H,10,13-14,18H2,1-6H3/b19-15+. The van der Waals surface area contributed by atoms with Crippen LogP contribution in [0.1, 0.15) is 29.3 Å². The summed E-state index contributed by atoms with van der Waals surface area (Å²) in [4.78, 5) is 17.5. The summed E-state index contributed by atoms with van der Waals surface area (Å²) in [5, 5.41) is 0. The van der Waals surface area contributed by atoms with Crippen LogP contribution in [-0.4, -0.2) is 70.8 Å². The topological polar surface area (TPSA) is 51.2 Å². The van der Waals surface area contributed by atoms with E-state index in [1.165, 1.54) is 0 Å². The highest BCUT2D eigenvalue weighted by molar-refractivity contribution is 5.96. The molecule has 6 heteroatoms. The number of carbonyl (C=O) groups excluding carboxylic acids is 1. The molecule has 0 heterocycles. The van der Waals surface area contributed by atoms with Gasteiger partial charge in [0.25, 0.3) is 5.91 Å². The van der Waals surface area contributed by atoms with Gasteiger partial charge in [0.1, 0.15) is 0 Å². The number of benzene rings is 2. The molecule has 0 aromatic heterocycles. The highest BCUT2D eigenvalue weighted by Crippen LogP contribution is 2.38. The van der Waals surface area contributed by atoms with Crippen molar-refractivity contribution in [2.45, 2.75) is 13.3 Å². The molecular formula is C25H34N2O4. The minimum Gasteiger partial charge on any atom is -0.493 e. The Kier molecular flexibility index (Phi) is 9.40. The Hall–Kier alpha value is -2.99. The fraction of sp³-hybridized carbons (Fsp3) is 0.400. The van der Waals surface area contributed by atoms with Crippen LogP contribution in [0.5, 0.6) is 17.2 Å². The molecule has 0 saturated heterocycles. The zero-order valence-corrected chi connectivity index (χ0v) is 19.5. The maximum atomic E-state index is 13.5. The molecule has 0 bridgehead atoms. The first-order valence-electron chi connectivity index (χ1n) is 10.4. The summed E-state index contributed by atoms with van der Waals surface area (Å²) >= 11 is 0. The summed E-state index contributed by atoms with van der Waals surface area (Å²) < 4.78 is 16.2. The third-order valence-corrected chi connectivity index (χ3v) is 4.89. The average molecular weight is 427 g/mol. The number of methoxy groups -OCH3 is 3. The fourth-order valence-corrected chi connectivity index (χ4v) is 3.40. The van der Waals surface area contributed by atoms with E-state index in [2.05, 4.69) is 30.0 Å². The van der Waals surface area contributed by atoms with Crippen molar-refractivity contribution >= 4 is 12.0 Å². The van der Waals surface area contributed by atoms with Crippen LogP contribution in [0.4, 0.5) is 0 Å². The van der Waals surface area contributed by atoms with E-state index in [0.717, 1.165) is 24.1 Å². The van der Waals surface area contributed by atoms with Gasteiger partial charge in [-0.15, -0.1) is 0 Å². The average Bonchev–Trinajstić information content (AvgIpc) is 2.77. The van der Waals surface area contributed by atoms with E-state index < -0.39 is 0 Å². The van der Waals surface area contributed by atoms with Crippen molar-refractivity contribution in [2.24, 2.45) is 0 Å². The molecule has 0 aliphatic rings. The van der Waals surface area contributed by atoms with Gasteiger partial charge >= 0.3 is 0 Å². The second-order valence-electron chi connectivity index (χ2n) is 7.70. The molecule has 6 nitrogen and oxygen atoms in total.